The van der Waals surface area contributed by atoms with Crippen LogP contribution in [-0.2, 0) is 32.7 Å². The Balaban J connectivity index is 4.51. The average Bonchev–Trinajstić information content (AvgIpc) is 3.18. The van der Waals surface area contributed by atoms with E-state index in [-0.39, 0.29) is 26.1 Å². The van der Waals surface area contributed by atoms with Crippen LogP contribution in [0, 0.1) is 0 Å². The van der Waals surface area contributed by atoms with Gasteiger partial charge < -0.3 is 33.0 Å². The molecule has 59 heavy (non-hydrogen) atoms. The lowest BCUT2D eigenvalue weighted by Crippen LogP contribution is -2.37. The van der Waals surface area contributed by atoms with Crippen LogP contribution in [0.15, 0.2) is 72.9 Å². The fraction of sp³-hybridized carbons (Fsp3) is 0.708. The number of ether oxygens (including phenoxy) is 2. The van der Waals surface area contributed by atoms with Crippen LogP contribution in [-0.4, -0.2) is 81.2 Å². The van der Waals surface area contributed by atoms with E-state index in [1.807, 2.05) is 57.6 Å². The SMILES string of the molecule is CCCCC/C=C\C=C/[C@@H](O)C/C=C\C/C=C/CCCC(=O)OC[C@H](COP(=O)([O-])OCC[N+](C)(C)C)OC(=O)CCCCCCCCC/C=C\C/C=C\CCCCC. The predicted molar refractivity (Wildman–Crippen MR) is 242 cm³/mol. The third-order valence-electron chi connectivity index (χ3n) is 9.28. The van der Waals surface area contributed by atoms with Crippen LogP contribution < -0.4 is 4.89 Å². The van der Waals surface area contributed by atoms with Crippen LogP contribution in [0.5, 0.6) is 0 Å². The maximum atomic E-state index is 12.7. The van der Waals surface area contributed by atoms with Crippen LogP contribution in [0.1, 0.15) is 162 Å². The lowest BCUT2D eigenvalue weighted by Gasteiger charge is -2.28. The van der Waals surface area contributed by atoms with Gasteiger partial charge in [0, 0.05) is 12.8 Å². The van der Waals surface area contributed by atoms with Crippen molar-refractivity contribution in [3.63, 3.8) is 0 Å². The number of carbonyl (C=O) groups excluding carboxylic acids is 2. The molecule has 0 spiro atoms. The molecule has 1 unspecified atom stereocenters. The van der Waals surface area contributed by atoms with Crippen molar-refractivity contribution >= 4 is 19.8 Å². The topological polar surface area (TPSA) is 131 Å². The van der Waals surface area contributed by atoms with Crippen molar-refractivity contribution in [1.82, 2.24) is 0 Å². The van der Waals surface area contributed by atoms with E-state index in [2.05, 4.69) is 44.2 Å². The molecule has 0 aromatic heterocycles. The van der Waals surface area contributed by atoms with Gasteiger partial charge in [-0.25, -0.2) is 0 Å². The van der Waals surface area contributed by atoms with Crippen LogP contribution in [0.4, 0.5) is 0 Å². The zero-order valence-corrected chi connectivity index (χ0v) is 38.7. The number of phosphoric acid groups is 1. The first kappa shape index (κ1) is 56.4. The normalized spacial score (nSPS) is 14.8. The Morgan fingerprint density at radius 1 is 0.627 bits per heavy atom. The van der Waals surface area contributed by atoms with Gasteiger partial charge in [0.15, 0.2) is 6.10 Å². The standard InChI is InChI=1S/C48H84NO9P/c1-6-8-10-12-14-15-16-17-18-19-20-21-22-23-27-32-36-40-48(52)58-46(44-57-59(53,54)56-42-41-49(3,4)5)43-55-47(51)39-35-31-28-24-26-30-34-38-45(50)37-33-29-25-13-11-9-7-2/h14-15,17-18,24-25,28-30,33-34,37,45-46,50H,6-13,16,19-23,26-27,31-32,35-36,38-44H2,1-5H3/b15-14-,18-17-,28-24+,29-25-,34-30-,37-33-/t45-,46-/m1/s1. The molecule has 340 valence electrons. The van der Waals surface area contributed by atoms with Crippen molar-refractivity contribution in [1.29, 1.82) is 0 Å². The van der Waals surface area contributed by atoms with Crippen molar-refractivity contribution in [2.24, 2.45) is 0 Å². The van der Waals surface area contributed by atoms with Gasteiger partial charge in [0.2, 0.25) is 0 Å². The number of rotatable bonds is 40. The minimum atomic E-state index is -4.66. The number of aliphatic hydroxyl groups is 1. The van der Waals surface area contributed by atoms with Crippen LogP contribution in [0.3, 0.4) is 0 Å². The van der Waals surface area contributed by atoms with Gasteiger partial charge >= 0.3 is 11.9 Å². The fourth-order valence-corrected chi connectivity index (χ4v) is 6.37. The summed E-state index contributed by atoms with van der Waals surface area (Å²) in [7, 11) is 1.08. The molecule has 10 nitrogen and oxygen atoms in total. The number of likely N-dealkylation sites (N-methyl/N-ethyl adjacent to an activating group) is 1. The number of nitrogens with zero attached hydrogens (tertiary/aromatic N) is 1. The van der Waals surface area contributed by atoms with Gasteiger partial charge in [-0.05, 0) is 77.0 Å². The van der Waals surface area contributed by atoms with Crippen LogP contribution >= 0.6 is 7.82 Å². The lowest BCUT2D eigenvalue weighted by molar-refractivity contribution is -0.870. The van der Waals surface area contributed by atoms with E-state index in [0.29, 0.717) is 36.7 Å². The number of unbranched alkanes of at least 4 members (excludes halogenated alkanes) is 14. The van der Waals surface area contributed by atoms with Crippen molar-refractivity contribution in [2.45, 2.75) is 174 Å². The number of phosphoric ester groups is 1. The first-order valence-corrected chi connectivity index (χ1v) is 24.2. The Labute approximate surface area is 360 Å². The highest BCUT2D eigenvalue weighted by molar-refractivity contribution is 7.45. The second-order valence-electron chi connectivity index (χ2n) is 16.3. The summed E-state index contributed by atoms with van der Waals surface area (Å²) in [4.78, 5) is 37.6. The highest BCUT2D eigenvalue weighted by atomic mass is 31.2. The third-order valence-corrected chi connectivity index (χ3v) is 10.2. The van der Waals surface area contributed by atoms with Gasteiger partial charge in [-0.2, -0.15) is 0 Å². The average molecular weight is 850 g/mol. The quantitative estimate of drug-likeness (QED) is 0.0160. The summed E-state index contributed by atoms with van der Waals surface area (Å²) in [6.07, 6.45) is 45.2. The molecule has 0 saturated heterocycles. The van der Waals surface area contributed by atoms with E-state index in [0.717, 1.165) is 44.9 Å². The van der Waals surface area contributed by atoms with Gasteiger partial charge in [0.25, 0.3) is 7.82 Å². The van der Waals surface area contributed by atoms with Gasteiger partial charge in [-0.3, -0.25) is 14.2 Å². The largest absolute Gasteiger partial charge is 0.756 e. The number of hydrogen-bond acceptors (Lipinski definition) is 9. The maximum Gasteiger partial charge on any atom is 0.306 e. The van der Waals surface area contributed by atoms with Gasteiger partial charge in [-0.15, -0.1) is 0 Å². The zero-order valence-electron chi connectivity index (χ0n) is 37.8. The molecule has 11 heteroatoms. The molecule has 0 aliphatic heterocycles. The van der Waals surface area contributed by atoms with E-state index in [4.69, 9.17) is 18.5 Å². The Bertz CT molecular complexity index is 1250. The first-order chi connectivity index (χ1) is 28.4. The molecule has 0 aliphatic rings. The molecule has 0 aromatic rings. The van der Waals surface area contributed by atoms with E-state index in [1.54, 1.807) is 6.08 Å². The Kier molecular flexibility index (Phi) is 37.8. The molecule has 0 fully saturated rings. The molecule has 0 heterocycles. The Morgan fingerprint density at radius 3 is 1.76 bits per heavy atom. The van der Waals surface area contributed by atoms with Crippen molar-refractivity contribution in [3.8, 4) is 0 Å². The summed E-state index contributed by atoms with van der Waals surface area (Å²) in [5, 5.41) is 10.1. The van der Waals surface area contributed by atoms with Crippen molar-refractivity contribution < 1.29 is 47.2 Å². The zero-order chi connectivity index (χ0) is 43.7. The van der Waals surface area contributed by atoms with E-state index in [1.165, 1.54) is 64.2 Å². The van der Waals surface area contributed by atoms with Crippen molar-refractivity contribution in [3.05, 3.63) is 72.9 Å². The van der Waals surface area contributed by atoms with Crippen molar-refractivity contribution in [2.75, 3.05) is 47.5 Å². The monoisotopic (exact) mass is 850 g/mol. The summed E-state index contributed by atoms with van der Waals surface area (Å²) in [6.45, 7) is 3.99. The lowest BCUT2D eigenvalue weighted by atomic mass is 10.1. The molecule has 0 amide bonds. The fourth-order valence-electron chi connectivity index (χ4n) is 5.64. The number of aliphatic hydroxyl groups excluding tert-OH is 1. The molecule has 0 radical (unpaired) electrons. The van der Waals surface area contributed by atoms with E-state index < -0.39 is 38.6 Å². The summed E-state index contributed by atoms with van der Waals surface area (Å²) in [5.74, 6) is -0.956. The van der Waals surface area contributed by atoms with Crippen LogP contribution in [0.2, 0.25) is 0 Å². The van der Waals surface area contributed by atoms with E-state index in [9.17, 15) is 24.2 Å². The number of carbonyl (C=O) groups is 2. The van der Waals surface area contributed by atoms with Gasteiger partial charge in [-0.1, -0.05) is 145 Å². The molecule has 3 atom stereocenters. The summed E-state index contributed by atoms with van der Waals surface area (Å²) >= 11 is 0. The number of quaternary nitrogens is 1. The smallest absolute Gasteiger partial charge is 0.306 e. The summed E-state index contributed by atoms with van der Waals surface area (Å²) in [6, 6.07) is 0. The number of hydrogen-bond donors (Lipinski definition) is 1. The molecule has 0 bridgehead atoms. The van der Waals surface area contributed by atoms with Gasteiger partial charge in [0.05, 0.1) is 33.9 Å². The molecule has 0 aliphatic carbocycles. The second kappa shape index (κ2) is 39.5. The summed E-state index contributed by atoms with van der Waals surface area (Å²) < 4.78 is 33.8. The minimum absolute atomic E-state index is 0.0549. The molecule has 0 rings (SSSR count). The second-order valence-corrected chi connectivity index (χ2v) is 17.7. The molecule has 0 aromatic carbocycles. The highest BCUT2D eigenvalue weighted by Gasteiger charge is 2.21. The molecular formula is C48H84NO9P. The Morgan fingerprint density at radius 2 is 1.15 bits per heavy atom. The third kappa shape index (κ3) is 43.3. The molecular weight excluding hydrogens is 765 g/mol. The number of esters is 2. The predicted octanol–water partition coefficient (Wildman–Crippen LogP) is 11.4. The van der Waals surface area contributed by atoms with Gasteiger partial charge in [0.1, 0.15) is 19.8 Å². The van der Waals surface area contributed by atoms with E-state index >= 15 is 0 Å². The minimum Gasteiger partial charge on any atom is -0.756 e. The molecule has 0 saturated carbocycles. The first-order valence-electron chi connectivity index (χ1n) is 22.8. The Hall–Kier alpha value is -2.59. The molecule has 1 N–H and O–H groups in total. The maximum absolute atomic E-state index is 12.7. The highest BCUT2D eigenvalue weighted by Crippen LogP contribution is 2.38. The number of allylic oxidation sites excluding steroid dienone is 10. The summed E-state index contributed by atoms with van der Waals surface area (Å²) in [5.41, 5.74) is 0. The van der Waals surface area contributed by atoms with Crippen LogP contribution in [0.25, 0.3) is 0 Å².